The Morgan fingerprint density at radius 1 is 1.09 bits per heavy atom. The maximum Gasteiger partial charge on any atom is 0.262 e. The van der Waals surface area contributed by atoms with E-state index in [4.69, 9.17) is 10.5 Å². The molecule has 0 aliphatic carbocycles. The zero-order valence-corrected chi connectivity index (χ0v) is 13.1. The summed E-state index contributed by atoms with van der Waals surface area (Å²) in [4.78, 5) is 11.9. The van der Waals surface area contributed by atoms with Gasteiger partial charge in [-0.3, -0.25) is 4.79 Å². The lowest BCUT2D eigenvalue weighted by Gasteiger charge is -2.10. The number of nitrogen functional groups attached to an aromatic ring is 1. The van der Waals surface area contributed by atoms with Gasteiger partial charge in [-0.2, -0.15) is 0 Å². The van der Waals surface area contributed by atoms with E-state index in [0.29, 0.717) is 17.1 Å². The summed E-state index contributed by atoms with van der Waals surface area (Å²) >= 11 is 0. The van der Waals surface area contributed by atoms with E-state index in [-0.39, 0.29) is 12.5 Å². The molecule has 1 amide bonds. The minimum absolute atomic E-state index is 0.0269. The molecule has 0 bridgehead atoms. The van der Waals surface area contributed by atoms with Crippen molar-refractivity contribution in [3.63, 3.8) is 0 Å². The Morgan fingerprint density at radius 2 is 1.82 bits per heavy atom. The second-order valence-corrected chi connectivity index (χ2v) is 5.10. The van der Waals surface area contributed by atoms with Crippen molar-refractivity contribution < 1.29 is 9.53 Å². The molecule has 2 aromatic carbocycles. The molecular formula is C18H22N2O2. The van der Waals surface area contributed by atoms with Gasteiger partial charge >= 0.3 is 0 Å². The number of amides is 1. The minimum atomic E-state index is -0.205. The molecule has 22 heavy (non-hydrogen) atoms. The Kier molecular flexibility index (Phi) is 5.42. The van der Waals surface area contributed by atoms with Crippen LogP contribution in [0.15, 0.2) is 42.5 Å². The van der Waals surface area contributed by atoms with Crippen molar-refractivity contribution in [2.24, 2.45) is 0 Å². The van der Waals surface area contributed by atoms with Crippen LogP contribution in [0.3, 0.4) is 0 Å². The quantitative estimate of drug-likeness (QED) is 0.803. The number of nitrogens with two attached hydrogens (primary N) is 1. The minimum Gasteiger partial charge on any atom is -0.484 e. The zero-order chi connectivity index (χ0) is 15.9. The first-order valence-corrected chi connectivity index (χ1v) is 7.52. The van der Waals surface area contributed by atoms with Crippen LogP contribution in [-0.4, -0.2) is 12.5 Å². The molecule has 0 heterocycles. The highest BCUT2D eigenvalue weighted by Gasteiger charge is 2.05. The molecule has 0 fully saturated rings. The molecule has 116 valence electrons. The third-order valence-electron chi connectivity index (χ3n) is 3.51. The average molecular weight is 298 g/mol. The number of hydrogen-bond acceptors (Lipinski definition) is 3. The van der Waals surface area contributed by atoms with Gasteiger partial charge in [0.05, 0.1) is 0 Å². The fraction of sp³-hybridized carbons (Fsp3) is 0.278. The van der Waals surface area contributed by atoms with Gasteiger partial charge in [0.2, 0.25) is 0 Å². The van der Waals surface area contributed by atoms with Crippen molar-refractivity contribution in [2.75, 3.05) is 17.7 Å². The van der Waals surface area contributed by atoms with Crippen LogP contribution in [0.2, 0.25) is 0 Å². The van der Waals surface area contributed by atoms with Gasteiger partial charge in [0.1, 0.15) is 5.75 Å². The number of aryl methyl sites for hydroxylation is 2. The molecule has 0 saturated heterocycles. The number of benzene rings is 2. The fourth-order valence-corrected chi connectivity index (χ4v) is 2.16. The SMILES string of the molecule is CCc1ccc(OCC(=O)Nc2ccc(CC)c(N)c2)cc1. The van der Waals surface area contributed by atoms with Gasteiger partial charge in [0, 0.05) is 11.4 Å². The molecule has 0 aliphatic heterocycles. The van der Waals surface area contributed by atoms with E-state index < -0.39 is 0 Å². The van der Waals surface area contributed by atoms with Crippen LogP contribution in [0.25, 0.3) is 0 Å². The molecular weight excluding hydrogens is 276 g/mol. The van der Waals surface area contributed by atoms with E-state index in [0.717, 1.165) is 18.4 Å². The van der Waals surface area contributed by atoms with Crippen LogP contribution in [0.5, 0.6) is 5.75 Å². The van der Waals surface area contributed by atoms with E-state index in [9.17, 15) is 4.79 Å². The summed E-state index contributed by atoms with van der Waals surface area (Å²) in [5.41, 5.74) is 9.61. The van der Waals surface area contributed by atoms with E-state index in [1.807, 2.05) is 43.3 Å². The predicted octanol–water partition coefficient (Wildman–Crippen LogP) is 3.41. The van der Waals surface area contributed by atoms with Gasteiger partial charge in [-0.15, -0.1) is 0 Å². The summed E-state index contributed by atoms with van der Waals surface area (Å²) < 4.78 is 5.47. The third-order valence-corrected chi connectivity index (χ3v) is 3.51. The molecule has 0 saturated carbocycles. The number of carbonyl (C=O) groups is 1. The van der Waals surface area contributed by atoms with Crippen molar-refractivity contribution in [1.29, 1.82) is 0 Å². The molecule has 0 spiro atoms. The van der Waals surface area contributed by atoms with E-state index in [1.165, 1.54) is 5.56 Å². The summed E-state index contributed by atoms with van der Waals surface area (Å²) in [6.07, 6.45) is 1.85. The van der Waals surface area contributed by atoms with Crippen molar-refractivity contribution in [2.45, 2.75) is 26.7 Å². The van der Waals surface area contributed by atoms with Crippen LogP contribution < -0.4 is 15.8 Å². The molecule has 4 nitrogen and oxygen atoms in total. The van der Waals surface area contributed by atoms with Crippen LogP contribution in [0.1, 0.15) is 25.0 Å². The van der Waals surface area contributed by atoms with Gasteiger partial charge in [-0.05, 0) is 48.2 Å². The van der Waals surface area contributed by atoms with E-state index in [1.54, 1.807) is 6.07 Å². The van der Waals surface area contributed by atoms with Gasteiger partial charge in [0.15, 0.2) is 6.61 Å². The number of rotatable bonds is 6. The highest BCUT2D eigenvalue weighted by molar-refractivity contribution is 5.92. The highest BCUT2D eigenvalue weighted by Crippen LogP contribution is 2.18. The lowest BCUT2D eigenvalue weighted by Crippen LogP contribution is -2.20. The predicted molar refractivity (Wildman–Crippen MR) is 90.2 cm³/mol. The summed E-state index contributed by atoms with van der Waals surface area (Å²) in [6.45, 7) is 4.11. The van der Waals surface area contributed by atoms with Crippen molar-refractivity contribution in [3.05, 3.63) is 53.6 Å². The van der Waals surface area contributed by atoms with Crippen LogP contribution in [-0.2, 0) is 17.6 Å². The number of anilines is 2. The van der Waals surface area contributed by atoms with Crippen LogP contribution in [0, 0.1) is 0 Å². The Bertz CT molecular complexity index is 636. The smallest absolute Gasteiger partial charge is 0.262 e. The van der Waals surface area contributed by atoms with Gasteiger partial charge in [0.25, 0.3) is 5.91 Å². The summed E-state index contributed by atoms with van der Waals surface area (Å²) in [6, 6.07) is 13.3. The first kappa shape index (κ1) is 15.9. The first-order chi connectivity index (χ1) is 10.6. The van der Waals surface area contributed by atoms with Crippen LogP contribution >= 0.6 is 0 Å². The maximum absolute atomic E-state index is 11.9. The van der Waals surface area contributed by atoms with Crippen molar-refractivity contribution >= 4 is 17.3 Å². The largest absolute Gasteiger partial charge is 0.484 e. The number of ether oxygens (including phenoxy) is 1. The second-order valence-electron chi connectivity index (χ2n) is 5.10. The molecule has 0 aromatic heterocycles. The summed E-state index contributed by atoms with van der Waals surface area (Å²) in [5.74, 6) is 0.483. The fourth-order valence-electron chi connectivity index (χ4n) is 2.16. The normalized spacial score (nSPS) is 10.3. The Hall–Kier alpha value is -2.49. The third kappa shape index (κ3) is 4.25. The van der Waals surface area contributed by atoms with Gasteiger partial charge < -0.3 is 15.8 Å². The monoisotopic (exact) mass is 298 g/mol. The Morgan fingerprint density at radius 3 is 2.41 bits per heavy atom. The lowest BCUT2D eigenvalue weighted by atomic mass is 10.1. The lowest BCUT2D eigenvalue weighted by molar-refractivity contribution is -0.118. The topological polar surface area (TPSA) is 64.3 Å². The molecule has 2 rings (SSSR count). The Balaban J connectivity index is 1.88. The number of nitrogens with one attached hydrogen (secondary N) is 1. The van der Waals surface area contributed by atoms with Crippen molar-refractivity contribution in [1.82, 2.24) is 0 Å². The maximum atomic E-state index is 11.9. The van der Waals surface area contributed by atoms with E-state index >= 15 is 0 Å². The molecule has 0 aliphatic rings. The molecule has 0 radical (unpaired) electrons. The highest BCUT2D eigenvalue weighted by atomic mass is 16.5. The first-order valence-electron chi connectivity index (χ1n) is 7.52. The summed E-state index contributed by atoms with van der Waals surface area (Å²) in [5, 5.41) is 2.78. The molecule has 2 aromatic rings. The molecule has 3 N–H and O–H groups in total. The number of hydrogen-bond donors (Lipinski definition) is 2. The zero-order valence-electron chi connectivity index (χ0n) is 13.1. The van der Waals surface area contributed by atoms with Crippen molar-refractivity contribution in [3.8, 4) is 5.75 Å². The summed E-state index contributed by atoms with van der Waals surface area (Å²) in [7, 11) is 0. The average Bonchev–Trinajstić information content (AvgIpc) is 2.53. The Labute approximate surface area is 131 Å². The molecule has 0 unspecified atom stereocenters. The standard InChI is InChI=1S/C18H22N2O2/c1-3-13-5-9-16(10-6-13)22-12-18(21)20-15-8-7-14(4-2)17(19)11-15/h5-11H,3-4,12,19H2,1-2H3,(H,20,21). The molecule has 0 atom stereocenters. The van der Waals surface area contributed by atoms with Crippen LogP contribution in [0.4, 0.5) is 11.4 Å². The van der Waals surface area contributed by atoms with Gasteiger partial charge in [-0.25, -0.2) is 0 Å². The van der Waals surface area contributed by atoms with E-state index in [2.05, 4.69) is 12.2 Å². The van der Waals surface area contributed by atoms with Gasteiger partial charge in [-0.1, -0.05) is 32.0 Å². The number of carbonyl (C=O) groups excluding carboxylic acids is 1. The second kappa shape index (κ2) is 7.50. The molecule has 4 heteroatoms.